The van der Waals surface area contributed by atoms with Crippen molar-refractivity contribution in [1.29, 1.82) is 0 Å². The van der Waals surface area contributed by atoms with Crippen molar-refractivity contribution in [2.75, 3.05) is 0 Å². The molecule has 1 aromatic heterocycles. The molecule has 0 aliphatic carbocycles. The summed E-state index contributed by atoms with van der Waals surface area (Å²) in [6, 6.07) is 8.16. The number of hydrogen-bond acceptors (Lipinski definition) is 2. The van der Waals surface area contributed by atoms with Crippen molar-refractivity contribution in [1.82, 2.24) is 0 Å². The lowest BCUT2D eigenvalue weighted by atomic mass is 9.86. The number of rotatable bonds is 1. The molecular weight excluding hydrogens is 198 g/mol. The minimum absolute atomic E-state index is 0.0168. The zero-order chi connectivity index (χ0) is 11.9. The van der Waals surface area contributed by atoms with Crippen LogP contribution in [-0.2, 0) is 0 Å². The van der Waals surface area contributed by atoms with E-state index in [4.69, 9.17) is 10.2 Å². The Balaban J connectivity index is 2.47. The molecule has 0 aliphatic rings. The van der Waals surface area contributed by atoms with Gasteiger partial charge in [-0.25, -0.2) is 0 Å². The summed E-state index contributed by atoms with van der Waals surface area (Å²) in [4.78, 5) is 0. The summed E-state index contributed by atoms with van der Waals surface area (Å²) < 4.78 is 5.79. The van der Waals surface area contributed by atoms with Crippen molar-refractivity contribution in [3.05, 3.63) is 35.6 Å². The Morgan fingerprint density at radius 2 is 1.88 bits per heavy atom. The highest BCUT2D eigenvalue weighted by Crippen LogP contribution is 2.33. The predicted molar refractivity (Wildman–Crippen MR) is 67.3 cm³/mol. The van der Waals surface area contributed by atoms with E-state index >= 15 is 0 Å². The summed E-state index contributed by atoms with van der Waals surface area (Å²) in [5.41, 5.74) is 8.35. The highest BCUT2D eigenvalue weighted by molar-refractivity contribution is 5.78. The molecular formula is C14H19NO. The van der Waals surface area contributed by atoms with E-state index in [1.165, 1.54) is 5.56 Å². The topological polar surface area (TPSA) is 39.2 Å². The summed E-state index contributed by atoms with van der Waals surface area (Å²) in [6.45, 7) is 8.44. The average molecular weight is 217 g/mol. The highest BCUT2D eigenvalue weighted by Gasteiger charge is 2.25. The van der Waals surface area contributed by atoms with Gasteiger partial charge in [0.25, 0.3) is 0 Å². The lowest BCUT2D eigenvalue weighted by Crippen LogP contribution is -2.25. The molecule has 86 valence electrons. The van der Waals surface area contributed by atoms with Crippen LogP contribution in [0, 0.1) is 12.3 Å². The summed E-state index contributed by atoms with van der Waals surface area (Å²) in [6.07, 6.45) is 0. The van der Waals surface area contributed by atoms with Gasteiger partial charge in [0.15, 0.2) is 0 Å². The largest absolute Gasteiger partial charge is 0.459 e. The number of hydrogen-bond donors (Lipinski definition) is 1. The SMILES string of the molecule is Cc1ccc2oc([C@@H](N)C(C)(C)C)cc2c1. The lowest BCUT2D eigenvalue weighted by molar-refractivity contribution is 0.290. The Bertz CT molecular complexity index is 505. The quantitative estimate of drug-likeness (QED) is 0.789. The van der Waals surface area contributed by atoms with Crippen LogP contribution in [0.4, 0.5) is 0 Å². The van der Waals surface area contributed by atoms with Gasteiger partial charge >= 0.3 is 0 Å². The third-order valence-electron chi connectivity index (χ3n) is 2.93. The molecule has 0 amide bonds. The molecule has 1 heterocycles. The summed E-state index contributed by atoms with van der Waals surface area (Å²) >= 11 is 0. The van der Waals surface area contributed by atoms with E-state index in [1.54, 1.807) is 0 Å². The molecule has 2 heteroatoms. The number of aryl methyl sites for hydroxylation is 1. The van der Waals surface area contributed by atoms with Crippen LogP contribution in [0.5, 0.6) is 0 Å². The summed E-state index contributed by atoms with van der Waals surface area (Å²) in [5.74, 6) is 0.869. The molecule has 16 heavy (non-hydrogen) atoms. The van der Waals surface area contributed by atoms with E-state index < -0.39 is 0 Å². The zero-order valence-electron chi connectivity index (χ0n) is 10.4. The fourth-order valence-corrected chi connectivity index (χ4v) is 1.76. The van der Waals surface area contributed by atoms with Gasteiger partial charge in [-0.15, -0.1) is 0 Å². The smallest absolute Gasteiger partial charge is 0.134 e. The van der Waals surface area contributed by atoms with Crippen molar-refractivity contribution in [3.63, 3.8) is 0 Å². The first kappa shape index (κ1) is 11.2. The highest BCUT2D eigenvalue weighted by atomic mass is 16.3. The van der Waals surface area contributed by atoms with Crippen LogP contribution in [0.3, 0.4) is 0 Å². The minimum atomic E-state index is -0.0693. The third kappa shape index (κ3) is 1.98. The molecule has 0 fully saturated rings. The summed E-state index contributed by atoms with van der Waals surface area (Å²) in [7, 11) is 0. The zero-order valence-corrected chi connectivity index (χ0v) is 10.4. The molecule has 1 atom stereocenters. The minimum Gasteiger partial charge on any atom is -0.459 e. The maximum Gasteiger partial charge on any atom is 0.134 e. The van der Waals surface area contributed by atoms with Gasteiger partial charge in [0, 0.05) is 5.39 Å². The van der Waals surface area contributed by atoms with E-state index in [-0.39, 0.29) is 11.5 Å². The number of nitrogens with two attached hydrogens (primary N) is 1. The molecule has 2 rings (SSSR count). The van der Waals surface area contributed by atoms with Gasteiger partial charge in [0.1, 0.15) is 11.3 Å². The maximum absolute atomic E-state index is 6.18. The van der Waals surface area contributed by atoms with Crippen molar-refractivity contribution >= 4 is 11.0 Å². The standard InChI is InChI=1S/C14H19NO/c1-9-5-6-11-10(7-9)8-12(16-11)13(15)14(2,3)4/h5-8,13H,15H2,1-4H3/t13-/m1/s1. The Morgan fingerprint density at radius 1 is 1.19 bits per heavy atom. The van der Waals surface area contributed by atoms with Crippen molar-refractivity contribution in [2.24, 2.45) is 11.1 Å². The molecule has 2 aromatic rings. The van der Waals surface area contributed by atoms with Crippen LogP contribution in [-0.4, -0.2) is 0 Å². The predicted octanol–water partition coefficient (Wildman–Crippen LogP) is 3.79. The van der Waals surface area contributed by atoms with E-state index in [2.05, 4.69) is 45.9 Å². The number of benzene rings is 1. The third-order valence-corrected chi connectivity index (χ3v) is 2.93. The van der Waals surface area contributed by atoms with Gasteiger partial charge in [0.05, 0.1) is 6.04 Å². The fraction of sp³-hybridized carbons (Fsp3) is 0.429. The molecule has 2 nitrogen and oxygen atoms in total. The maximum atomic E-state index is 6.18. The molecule has 0 bridgehead atoms. The Kier molecular flexibility index (Phi) is 2.55. The monoisotopic (exact) mass is 217 g/mol. The molecule has 0 saturated carbocycles. The Hall–Kier alpha value is -1.28. The molecule has 0 aliphatic heterocycles. The van der Waals surface area contributed by atoms with E-state index in [0.29, 0.717) is 0 Å². The first-order chi connectivity index (χ1) is 7.38. The Labute approximate surface area is 96.4 Å². The van der Waals surface area contributed by atoms with Gasteiger partial charge in [-0.2, -0.15) is 0 Å². The van der Waals surface area contributed by atoms with Gasteiger partial charge < -0.3 is 10.2 Å². The lowest BCUT2D eigenvalue weighted by Gasteiger charge is -2.24. The first-order valence-corrected chi connectivity index (χ1v) is 5.63. The Morgan fingerprint density at radius 3 is 2.50 bits per heavy atom. The van der Waals surface area contributed by atoms with Gasteiger partial charge in [-0.05, 0) is 30.5 Å². The van der Waals surface area contributed by atoms with Gasteiger partial charge in [-0.1, -0.05) is 32.4 Å². The van der Waals surface area contributed by atoms with Crippen LogP contribution < -0.4 is 5.73 Å². The van der Waals surface area contributed by atoms with Crippen molar-refractivity contribution < 1.29 is 4.42 Å². The second kappa shape index (κ2) is 3.63. The van der Waals surface area contributed by atoms with Crippen LogP contribution in [0.1, 0.15) is 38.1 Å². The second-order valence-electron chi connectivity index (χ2n) is 5.53. The molecule has 0 saturated heterocycles. The van der Waals surface area contributed by atoms with Crippen molar-refractivity contribution in [2.45, 2.75) is 33.7 Å². The average Bonchev–Trinajstić information content (AvgIpc) is 2.57. The van der Waals surface area contributed by atoms with E-state index in [1.807, 2.05) is 6.07 Å². The van der Waals surface area contributed by atoms with Crippen molar-refractivity contribution in [3.8, 4) is 0 Å². The molecule has 1 aromatic carbocycles. The number of furan rings is 1. The van der Waals surface area contributed by atoms with Crippen LogP contribution >= 0.6 is 0 Å². The number of fused-ring (bicyclic) bond motifs is 1. The summed E-state index contributed by atoms with van der Waals surface area (Å²) in [5, 5.41) is 1.13. The molecule has 0 unspecified atom stereocenters. The molecule has 0 spiro atoms. The van der Waals surface area contributed by atoms with Crippen LogP contribution in [0.2, 0.25) is 0 Å². The fourth-order valence-electron chi connectivity index (χ4n) is 1.76. The van der Waals surface area contributed by atoms with Gasteiger partial charge in [0.2, 0.25) is 0 Å². The van der Waals surface area contributed by atoms with E-state index in [9.17, 15) is 0 Å². The first-order valence-electron chi connectivity index (χ1n) is 5.63. The molecule has 2 N–H and O–H groups in total. The van der Waals surface area contributed by atoms with E-state index in [0.717, 1.165) is 16.7 Å². The second-order valence-corrected chi connectivity index (χ2v) is 5.53. The van der Waals surface area contributed by atoms with Crippen LogP contribution in [0.15, 0.2) is 28.7 Å². The molecule has 0 radical (unpaired) electrons. The van der Waals surface area contributed by atoms with Gasteiger partial charge in [-0.3, -0.25) is 0 Å². The normalized spacial score (nSPS) is 14.3. The van der Waals surface area contributed by atoms with Crippen LogP contribution in [0.25, 0.3) is 11.0 Å².